The third-order valence-corrected chi connectivity index (χ3v) is 2.79. The number of rotatable bonds is 2. The summed E-state index contributed by atoms with van der Waals surface area (Å²) in [7, 11) is 1.92. The highest BCUT2D eigenvalue weighted by Gasteiger charge is 2.09. The van der Waals surface area contributed by atoms with Crippen LogP contribution >= 0.6 is 11.6 Å². The first-order chi connectivity index (χ1) is 8.08. The van der Waals surface area contributed by atoms with Gasteiger partial charge in [-0.15, -0.1) is 0 Å². The fourth-order valence-electron chi connectivity index (χ4n) is 1.66. The molecular weight excluding hydrogens is 234 g/mol. The van der Waals surface area contributed by atoms with E-state index < -0.39 is 0 Å². The van der Waals surface area contributed by atoms with Gasteiger partial charge in [-0.3, -0.25) is 0 Å². The van der Waals surface area contributed by atoms with Gasteiger partial charge in [0.05, 0.1) is 5.69 Å². The van der Waals surface area contributed by atoms with Gasteiger partial charge in [0.15, 0.2) is 5.82 Å². The van der Waals surface area contributed by atoms with Crippen LogP contribution in [0.4, 0.5) is 17.2 Å². The van der Waals surface area contributed by atoms with E-state index in [9.17, 15) is 0 Å². The van der Waals surface area contributed by atoms with Gasteiger partial charge in [0, 0.05) is 12.7 Å². The maximum atomic E-state index is 5.90. The number of benzene rings is 1. The fourth-order valence-corrected chi connectivity index (χ4v) is 1.81. The van der Waals surface area contributed by atoms with Crippen LogP contribution in [0.3, 0.4) is 0 Å². The van der Waals surface area contributed by atoms with E-state index >= 15 is 0 Å². The molecule has 0 saturated heterocycles. The number of halogens is 1. The first kappa shape index (κ1) is 11.7. The number of nitrogens with zero attached hydrogens (tertiary/aromatic N) is 2. The van der Waals surface area contributed by atoms with Gasteiger partial charge in [-0.1, -0.05) is 23.7 Å². The molecule has 1 aromatic heterocycles. The Bertz CT molecular complexity index is 540. The molecule has 0 amide bonds. The predicted octanol–water partition coefficient (Wildman–Crippen LogP) is 3.39. The molecule has 4 heteroatoms. The van der Waals surface area contributed by atoms with Crippen molar-refractivity contribution in [1.29, 1.82) is 0 Å². The molecule has 2 N–H and O–H groups in total. The maximum Gasteiger partial charge on any atom is 0.157 e. The Morgan fingerprint density at radius 3 is 2.71 bits per heavy atom. The minimum atomic E-state index is 0.439. The molecule has 3 nitrogen and oxygen atoms in total. The number of nitrogen functional groups attached to an aromatic ring is 1. The zero-order valence-electron chi connectivity index (χ0n) is 9.81. The standard InChI is InChI=1S/C13H14ClN3/c1-9-4-3-5-10(8-9)17(2)13-11(15)6-7-12(14)16-13/h3-8H,15H2,1-2H3. The van der Waals surface area contributed by atoms with E-state index in [2.05, 4.69) is 11.1 Å². The molecule has 0 bridgehead atoms. The van der Waals surface area contributed by atoms with E-state index in [4.69, 9.17) is 17.3 Å². The quantitative estimate of drug-likeness (QED) is 0.827. The van der Waals surface area contributed by atoms with E-state index in [0.29, 0.717) is 16.7 Å². The summed E-state index contributed by atoms with van der Waals surface area (Å²) in [4.78, 5) is 6.17. The summed E-state index contributed by atoms with van der Waals surface area (Å²) in [5.74, 6) is 0.670. The van der Waals surface area contributed by atoms with Gasteiger partial charge in [-0.2, -0.15) is 0 Å². The molecule has 1 aromatic carbocycles. The largest absolute Gasteiger partial charge is 0.396 e. The molecular formula is C13H14ClN3. The van der Waals surface area contributed by atoms with Crippen molar-refractivity contribution in [2.75, 3.05) is 17.7 Å². The second kappa shape index (κ2) is 4.63. The first-order valence-corrected chi connectivity index (χ1v) is 5.68. The summed E-state index contributed by atoms with van der Waals surface area (Å²) in [5, 5.41) is 0.439. The lowest BCUT2D eigenvalue weighted by atomic mass is 10.2. The molecule has 0 spiro atoms. The van der Waals surface area contributed by atoms with Crippen molar-refractivity contribution in [3.8, 4) is 0 Å². The molecule has 17 heavy (non-hydrogen) atoms. The Hall–Kier alpha value is -1.74. The smallest absolute Gasteiger partial charge is 0.157 e. The molecule has 88 valence electrons. The van der Waals surface area contributed by atoms with Gasteiger partial charge < -0.3 is 10.6 Å². The van der Waals surface area contributed by atoms with Crippen LogP contribution in [0.25, 0.3) is 0 Å². The van der Waals surface area contributed by atoms with E-state index in [0.717, 1.165) is 5.69 Å². The van der Waals surface area contributed by atoms with Crippen LogP contribution in [-0.4, -0.2) is 12.0 Å². The molecule has 0 aliphatic carbocycles. The van der Waals surface area contributed by atoms with Crippen LogP contribution in [-0.2, 0) is 0 Å². The lowest BCUT2D eigenvalue weighted by molar-refractivity contribution is 1.13. The van der Waals surface area contributed by atoms with Crippen LogP contribution in [0.15, 0.2) is 36.4 Å². The first-order valence-electron chi connectivity index (χ1n) is 5.30. The average Bonchev–Trinajstić information content (AvgIpc) is 2.31. The molecule has 0 aliphatic rings. The third kappa shape index (κ3) is 2.50. The second-order valence-electron chi connectivity index (χ2n) is 3.94. The Labute approximate surface area is 106 Å². The number of pyridine rings is 1. The lowest BCUT2D eigenvalue weighted by Crippen LogP contribution is -2.13. The zero-order valence-corrected chi connectivity index (χ0v) is 10.6. The van der Waals surface area contributed by atoms with Crippen LogP contribution in [0, 0.1) is 6.92 Å². The van der Waals surface area contributed by atoms with Crippen LogP contribution in [0.5, 0.6) is 0 Å². The number of nitrogens with two attached hydrogens (primary N) is 1. The number of hydrogen-bond donors (Lipinski definition) is 1. The normalized spacial score (nSPS) is 10.3. The minimum Gasteiger partial charge on any atom is -0.396 e. The van der Waals surface area contributed by atoms with E-state index in [1.54, 1.807) is 12.1 Å². The minimum absolute atomic E-state index is 0.439. The second-order valence-corrected chi connectivity index (χ2v) is 4.33. The van der Waals surface area contributed by atoms with Crippen molar-refractivity contribution >= 4 is 28.8 Å². The highest BCUT2D eigenvalue weighted by molar-refractivity contribution is 6.29. The highest BCUT2D eigenvalue weighted by Crippen LogP contribution is 2.28. The number of aromatic nitrogens is 1. The number of anilines is 3. The topological polar surface area (TPSA) is 42.2 Å². The van der Waals surface area contributed by atoms with Crippen molar-refractivity contribution in [1.82, 2.24) is 4.98 Å². The van der Waals surface area contributed by atoms with E-state index in [-0.39, 0.29) is 0 Å². The summed E-state index contributed by atoms with van der Waals surface area (Å²) in [6.45, 7) is 2.05. The maximum absolute atomic E-state index is 5.90. The Balaban J connectivity index is 2.43. The van der Waals surface area contributed by atoms with Gasteiger partial charge in [0.1, 0.15) is 5.15 Å². The fraction of sp³-hybridized carbons (Fsp3) is 0.154. The van der Waals surface area contributed by atoms with Gasteiger partial charge in [-0.25, -0.2) is 4.98 Å². The molecule has 0 radical (unpaired) electrons. The van der Waals surface area contributed by atoms with Gasteiger partial charge >= 0.3 is 0 Å². The van der Waals surface area contributed by atoms with Crippen molar-refractivity contribution in [3.05, 3.63) is 47.1 Å². The predicted molar refractivity (Wildman–Crippen MR) is 72.9 cm³/mol. The Morgan fingerprint density at radius 1 is 1.24 bits per heavy atom. The average molecular weight is 248 g/mol. The van der Waals surface area contributed by atoms with E-state index in [1.807, 2.05) is 37.1 Å². The molecule has 2 aromatic rings. The van der Waals surface area contributed by atoms with Crippen LogP contribution < -0.4 is 10.6 Å². The SMILES string of the molecule is Cc1cccc(N(C)c2nc(Cl)ccc2N)c1. The summed E-state index contributed by atoms with van der Waals surface area (Å²) in [6, 6.07) is 11.6. The third-order valence-electron chi connectivity index (χ3n) is 2.58. The van der Waals surface area contributed by atoms with Crippen molar-refractivity contribution in [2.45, 2.75) is 6.92 Å². The molecule has 0 atom stereocenters. The number of aryl methyl sites for hydroxylation is 1. The Morgan fingerprint density at radius 2 is 2.00 bits per heavy atom. The molecule has 2 rings (SSSR count). The van der Waals surface area contributed by atoms with Crippen molar-refractivity contribution < 1.29 is 0 Å². The highest BCUT2D eigenvalue weighted by atomic mass is 35.5. The molecule has 0 fully saturated rings. The van der Waals surface area contributed by atoms with Gasteiger partial charge in [-0.05, 0) is 36.8 Å². The number of hydrogen-bond acceptors (Lipinski definition) is 3. The molecule has 0 unspecified atom stereocenters. The van der Waals surface area contributed by atoms with Crippen LogP contribution in [0.1, 0.15) is 5.56 Å². The Kier molecular flexibility index (Phi) is 3.20. The summed E-state index contributed by atoms with van der Waals surface area (Å²) in [5.41, 5.74) is 8.74. The van der Waals surface area contributed by atoms with Crippen molar-refractivity contribution in [2.24, 2.45) is 0 Å². The molecule has 0 aliphatic heterocycles. The monoisotopic (exact) mass is 247 g/mol. The van der Waals surface area contributed by atoms with Crippen molar-refractivity contribution in [3.63, 3.8) is 0 Å². The molecule has 1 heterocycles. The summed E-state index contributed by atoms with van der Waals surface area (Å²) in [6.07, 6.45) is 0. The van der Waals surface area contributed by atoms with Gasteiger partial charge in [0.25, 0.3) is 0 Å². The van der Waals surface area contributed by atoms with E-state index in [1.165, 1.54) is 5.56 Å². The summed E-state index contributed by atoms with van der Waals surface area (Å²) >= 11 is 5.89. The zero-order chi connectivity index (χ0) is 12.4. The lowest BCUT2D eigenvalue weighted by Gasteiger charge is -2.20. The summed E-state index contributed by atoms with van der Waals surface area (Å²) < 4.78 is 0. The van der Waals surface area contributed by atoms with Gasteiger partial charge in [0.2, 0.25) is 0 Å². The molecule has 0 saturated carbocycles. The van der Waals surface area contributed by atoms with Crippen LogP contribution in [0.2, 0.25) is 5.15 Å².